The number of likely N-dealkylation sites (N-methyl/N-ethyl adjacent to an activating group) is 1. The van der Waals surface area contributed by atoms with Crippen LogP contribution in [0.4, 0.5) is 10.1 Å². The van der Waals surface area contributed by atoms with Gasteiger partial charge in [0.25, 0.3) is 0 Å². The average molecular weight is 523 g/mol. The van der Waals surface area contributed by atoms with Crippen molar-refractivity contribution in [3.63, 3.8) is 0 Å². The predicted molar refractivity (Wildman–Crippen MR) is 132 cm³/mol. The van der Waals surface area contributed by atoms with E-state index in [0.717, 1.165) is 50.1 Å². The van der Waals surface area contributed by atoms with Crippen LogP contribution in [0.3, 0.4) is 0 Å². The number of ether oxygens (including phenoxy) is 1. The van der Waals surface area contributed by atoms with Gasteiger partial charge in [0.2, 0.25) is 10.0 Å². The summed E-state index contributed by atoms with van der Waals surface area (Å²) < 4.78 is 49.3. The monoisotopic (exact) mass is 522 g/mol. The molecule has 4 rings (SSSR count). The molecule has 1 atom stereocenters. The molecule has 188 valence electrons. The molecule has 2 aromatic carbocycles. The van der Waals surface area contributed by atoms with E-state index in [2.05, 4.69) is 31.8 Å². The molecule has 35 heavy (non-hydrogen) atoms. The molecule has 2 heterocycles. The number of benzene rings is 2. The number of hydrogen-bond donors (Lipinski definition) is 1. The molecule has 3 aromatic rings. The molecule has 0 unspecified atom stereocenters. The van der Waals surface area contributed by atoms with Crippen LogP contribution >= 0.6 is 11.6 Å². The zero-order valence-electron chi connectivity index (χ0n) is 19.8. The Kier molecular flexibility index (Phi) is 7.60. The van der Waals surface area contributed by atoms with Crippen molar-refractivity contribution < 1.29 is 17.5 Å². The molecule has 1 saturated heterocycles. The Hall–Kier alpha value is -2.73. The molecular weight excluding hydrogens is 495 g/mol. The maximum atomic E-state index is 13.5. The van der Waals surface area contributed by atoms with Gasteiger partial charge in [0.15, 0.2) is 5.82 Å². The fraction of sp³-hybridized carbons (Fsp3) is 0.391. The highest BCUT2D eigenvalue weighted by atomic mass is 35.5. The molecule has 0 spiro atoms. The van der Waals surface area contributed by atoms with Crippen molar-refractivity contribution >= 4 is 27.3 Å². The molecule has 0 radical (unpaired) electrons. The zero-order valence-corrected chi connectivity index (χ0v) is 21.4. The van der Waals surface area contributed by atoms with E-state index >= 15 is 0 Å². The van der Waals surface area contributed by atoms with Crippen molar-refractivity contribution in [3.8, 4) is 11.8 Å². The lowest BCUT2D eigenvalue weighted by Gasteiger charge is -2.34. The molecule has 1 aromatic heterocycles. The largest absolute Gasteiger partial charge is 0.424 e. The van der Waals surface area contributed by atoms with Crippen LogP contribution in [0.5, 0.6) is 11.8 Å². The zero-order chi connectivity index (χ0) is 25.2. The number of nitrogens with one attached hydrogen (secondary N) is 1. The van der Waals surface area contributed by atoms with Gasteiger partial charge in [0.1, 0.15) is 11.6 Å². The van der Waals surface area contributed by atoms with E-state index in [1.54, 1.807) is 11.5 Å². The number of nitrogens with zero attached hydrogens (tertiary/aromatic N) is 5. The third kappa shape index (κ3) is 5.75. The molecule has 1 fully saturated rings. The first-order chi connectivity index (χ1) is 16.7. The third-order valence-corrected chi connectivity index (χ3v) is 7.71. The molecule has 1 aliphatic rings. The van der Waals surface area contributed by atoms with Crippen LogP contribution in [-0.4, -0.2) is 61.3 Å². The van der Waals surface area contributed by atoms with Crippen molar-refractivity contribution in [3.05, 3.63) is 59.1 Å². The van der Waals surface area contributed by atoms with Crippen molar-refractivity contribution in [2.24, 2.45) is 0 Å². The number of rotatable bonds is 8. The molecule has 12 heteroatoms. The summed E-state index contributed by atoms with van der Waals surface area (Å²) in [5.74, 6) is 0.307. The Bertz CT molecular complexity index is 1290. The van der Waals surface area contributed by atoms with Crippen molar-refractivity contribution in [2.45, 2.75) is 31.3 Å². The molecule has 0 bridgehead atoms. The van der Waals surface area contributed by atoms with Gasteiger partial charge in [-0.2, -0.15) is 0 Å². The normalized spacial score (nSPS) is 15.9. The van der Waals surface area contributed by atoms with E-state index in [1.807, 2.05) is 31.2 Å². The van der Waals surface area contributed by atoms with Crippen molar-refractivity contribution in [2.75, 3.05) is 38.1 Å². The smallest absolute Gasteiger partial charge is 0.322 e. The van der Waals surface area contributed by atoms with E-state index in [4.69, 9.17) is 16.3 Å². The predicted octanol–water partition coefficient (Wildman–Crippen LogP) is 3.67. The Morgan fingerprint density at radius 2 is 1.89 bits per heavy atom. The number of anilines is 1. The SMILES string of the molecule is CCn1c(Oc2cccc(N3CCN(C)CC3)c2)nnc1[C@@H](C)NS(=O)(=O)c1ccc(F)c(Cl)c1. The summed E-state index contributed by atoms with van der Waals surface area (Å²) in [6, 6.07) is 10.6. The summed E-state index contributed by atoms with van der Waals surface area (Å²) in [7, 11) is -1.86. The number of halogens is 2. The summed E-state index contributed by atoms with van der Waals surface area (Å²) in [5.41, 5.74) is 1.07. The van der Waals surface area contributed by atoms with Crippen LogP contribution in [0.15, 0.2) is 47.4 Å². The van der Waals surface area contributed by atoms with Gasteiger partial charge in [0.05, 0.1) is 16.0 Å². The quantitative estimate of drug-likeness (QED) is 0.482. The van der Waals surface area contributed by atoms with Gasteiger partial charge in [-0.15, -0.1) is 5.10 Å². The topological polar surface area (TPSA) is 92.6 Å². The van der Waals surface area contributed by atoms with Gasteiger partial charge in [-0.3, -0.25) is 4.57 Å². The highest BCUT2D eigenvalue weighted by Crippen LogP contribution is 2.28. The van der Waals surface area contributed by atoms with Gasteiger partial charge in [0, 0.05) is 44.5 Å². The van der Waals surface area contributed by atoms with E-state index in [0.29, 0.717) is 18.1 Å². The first kappa shape index (κ1) is 25.4. The minimum Gasteiger partial charge on any atom is -0.424 e. The molecule has 1 aliphatic heterocycles. The van der Waals surface area contributed by atoms with E-state index in [9.17, 15) is 12.8 Å². The number of hydrogen-bond acceptors (Lipinski definition) is 7. The first-order valence-corrected chi connectivity index (χ1v) is 13.2. The summed E-state index contributed by atoms with van der Waals surface area (Å²) >= 11 is 5.75. The average Bonchev–Trinajstić information content (AvgIpc) is 3.23. The maximum absolute atomic E-state index is 13.5. The van der Waals surface area contributed by atoms with Crippen LogP contribution in [0.1, 0.15) is 25.7 Å². The third-order valence-electron chi connectivity index (χ3n) is 5.88. The Morgan fingerprint density at radius 3 is 2.57 bits per heavy atom. The molecule has 0 saturated carbocycles. The van der Waals surface area contributed by atoms with Gasteiger partial charge >= 0.3 is 6.01 Å². The van der Waals surface area contributed by atoms with Gasteiger partial charge in [-0.1, -0.05) is 22.8 Å². The Morgan fingerprint density at radius 1 is 1.14 bits per heavy atom. The van der Waals surface area contributed by atoms with E-state index < -0.39 is 21.9 Å². The lowest BCUT2D eigenvalue weighted by Crippen LogP contribution is -2.44. The molecule has 1 N–H and O–H groups in total. The van der Waals surface area contributed by atoms with E-state index in [1.165, 1.54) is 0 Å². The lowest BCUT2D eigenvalue weighted by atomic mass is 10.2. The highest BCUT2D eigenvalue weighted by molar-refractivity contribution is 7.89. The Labute approximate surface area is 209 Å². The van der Waals surface area contributed by atoms with Crippen LogP contribution in [0, 0.1) is 5.82 Å². The minimum absolute atomic E-state index is 0.143. The summed E-state index contributed by atoms with van der Waals surface area (Å²) in [6.07, 6.45) is 0. The van der Waals surface area contributed by atoms with Crippen molar-refractivity contribution in [1.82, 2.24) is 24.4 Å². The fourth-order valence-corrected chi connectivity index (χ4v) is 5.38. The van der Waals surface area contributed by atoms with Gasteiger partial charge in [-0.25, -0.2) is 17.5 Å². The Balaban J connectivity index is 1.51. The molecule has 9 nitrogen and oxygen atoms in total. The van der Waals surface area contributed by atoms with Gasteiger partial charge in [-0.05, 0) is 51.2 Å². The number of sulfonamides is 1. The summed E-state index contributed by atoms with van der Waals surface area (Å²) in [6.45, 7) is 7.87. The standard InChI is InChI=1S/C23H28ClFN6O3S/c1-4-31-22(16(2)28-35(32,33)19-8-9-21(25)20(24)15-19)26-27-23(31)34-18-7-5-6-17(14-18)30-12-10-29(3)11-13-30/h5-9,14-16,28H,4,10-13H2,1-3H3/t16-/m1/s1. The fourth-order valence-electron chi connectivity index (χ4n) is 3.90. The highest BCUT2D eigenvalue weighted by Gasteiger charge is 2.25. The van der Waals surface area contributed by atoms with Crippen LogP contribution in [-0.2, 0) is 16.6 Å². The van der Waals surface area contributed by atoms with E-state index in [-0.39, 0.29) is 15.9 Å². The summed E-state index contributed by atoms with van der Waals surface area (Å²) in [4.78, 5) is 4.46. The molecular formula is C23H28ClFN6O3S. The lowest BCUT2D eigenvalue weighted by molar-refractivity contribution is 0.312. The number of piperazine rings is 1. The van der Waals surface area contributed by atoms with Gasteiger partial charge < -0.3 is 14.5 Å². The molecule has 0 aliphatic carbocycles. The summed E-state index contributed by atoms with van der Waals surface area (Å²) in [5, 5.41) is 8.05. The van der Waals surface area contributed by atoms with Crippen LogP contribution in [0.25, 0.3) is 0 Å². The van der Waals surface area contributed by atoms with Crippen molar-refractivity contribution in [1.29, 1.82) is 0 Å². The van der Waals surface area contributed by atoms with Crippen LogP contribution < -0.4 is 14.4 Å². The second kappa shape index (κ2) is 10.5. The molecule has 0 amide bonds. The van der Waals surface area contributed by atoms with Crippen LogP contribution in [0.2, 0.25) is 5.02 Å². The second-order valence-corrected chi connectivity index (χ2v) is 10.5. The second-order valence-electron chi connectivity index (χ2n) is 8.39. The number of aromatic nitrogens is 3. The maximum Gasteiger partial charge on any atom is 0.322 e. The minimum atomic E-state index is -3.98. The first-order valence-electron chi connectivity index (χ1n) is 11.3.